The summed E-state index contributed by atoms with van der Waals surface area (Å²) in [5.41, 5.74) is 3.32. The summed E-state index contributed by atoms with van der Waals surface area (Å²) in [7, 11) is 0. The van der Waals surface area contributed by atoms with Gasteiger partial charge in [0, 0.05) is 43.4 Å². The molecule has 2 aromatic heterocycles. The molecular formula is C21H25N7. The van der Waals surface area contributed by atoms with E-state index in [2.05, 4.69) is 66.9 Å². The van der Waals surface area contributed by atoms with Gasteiger partial charge < -0.3 is 15.5 Å². The summed E-state index contributed by atoms with van der Waals surface area (Å²) in [5.74, 6) is 1.97. The zero-order chi connectivity index (χ0) is 19.2. The van der Waals surface area contributed by atoms with E-state index in [-0.39, 0.29) is 0 Å². The summed E-state index contributed by atoms with van der Waals surface area (Å²) in [6.07, 6.45) is 7.72. The molecular weight excluding hydrogens is 350 g/mol. The maximum atomic E-state index is 4.48. The van der Waals surface area contributed by atoms with E-state index in [4.69, 9.17) is 0 Å². The smallest absolute Gasteiger partial charge is 0.244 e. The average Bonchev–Trinajstić information content (AvgIpc) is 2.75. The Morgan fingerprint density at radius 2 is 1.89 bits per heavy atom. The molecule has 0 amide bonds. The van der Waals surface area contributed by atoms with Crippen LogP contribution in [0.1, 0.15) is 25.3 Å². The molecule has 0 radical (unpaired) electrons. The highest BCUT2D eigenvalue weighted by Crippen LogP contribution is 2.25. The van der Waals surface area contributed by atoms with E-state index in [0.29, 0.717) is 18.3 Å². The zero-order valence-corrected chi connectivity index (χ0v) is 16.0. The van der Waals surface area contributed by atoms with Crippen molar-refractivity contribution in [1.82, 2.24) is 20.2 Å². The number of nitrogens with zero attached hydrogens (tertiary/aromatic N) is 5. The monoisotopic (exact) mass is 375 g/mol. The van der Waals surface area contributed by atoms with Crippen molar-refractivity contribution in [1.29, 1.82) is 0 Å². The topological polar surface area (TPSA) is 78.9 Å². The summed E-state index contributed by atoms with van der Waals surface area (Å²) in [6.45, 7) is 5.20. The summed E-state index contributed by atoms with van der Waals surface area (Å²) in [4.78, 5) is 11.0. The molecule has 1 saturated heterocycles. The first kappa shape index (κ1) is 18.2. The molecule has 0 aliphatic carbocycles. The molecule has 28 heavy (non-hydrogen) atoms. The zero-order valence-electron chi connectivity index (χ0n) is 16.0. The van der Waals surface area contributed by atoms with Gasteiger partial charge in [0.05, 0.1) is 6.20 Å². The van der Waals surface area contributed by atoms with E-state index in [1.165, 1.54) is 18.5 Å². The van der Waals surface area contributed by atoms with E-state index in [1.54, 1.807) is 12.4 Å². The Labute approximate surface area is 165 Å². The molecule has 7 nitrogen and oxygen atoms in total. The molecule has 1 aliphatic heterocycles. The molecule has 0 saturated carbocycles. The van der Waals surface area contributed by atoms with Gasteiger partial charge in [-0.15, -0.1) is 5.10 Å². The molecule has 0 spiro atoms. The van der Waals surface area contributed by atoms with E-state index in [1.807, 2.05) is 18.3 Å². The van der Waals surface area contributed by atoms with Gasteiger partial charge in [-0.3, -0.25) is 4.98 Å². The lowest BCUT2D eigenvalue weighted by atomic mass is 9.99. The van der Waals surface area contributed by atoms with Gasteiger partial charge in [0.1, 0.15) is 0 Å². The van der Waals surface area contributed by atoms with E-state index in [0.717, 1.165) is 30.3 Å². The van der Waals surface area contributed by atoms with Crippen molar-refractivity contribution in [3.05, 3.63) is 60.6 Å². The SMILES string of the molecule is CC1CCN(c2ccc(Nc3cnnc(NCc4cccnc4)n3)cc2)CC1. The number of hydrogen-bond donors (Lipinski definition) is 2. The highest BCUT2D eigenvalue weighted by molar-refractivity contribution is 5.61. The minimum atomic E-state index is 0.480. The maximum Gasteiger partial charge on any atom is 0.244 e. The summed E-state index contributed by atoms with van der Waals surface area (Å²) in [6, 6.07) is 12.4. The van der Waals surface area contributed by atoms with Gasteiger partial charge in [-0.1, -0.05) is 13.0 Å². The Hall–Kier alpha value is -3.22. The second kappa shape index (κ2) is 8.65. The van der Waals surface area contributed by atoms with Crippen LogP contribution in [0, 0.1) is 5.92 Å². The van der Waals surface area contributed by atoms with Crippen molar-refractivity contribution >= 4 is 23.1 Å². The Morgan fingerprint density at radius 1 is 1.07 bits per heavy atom. The van der Waals surface area contributed by atoms with Crippen LogP contribution in [0.3, 0.4) is 0 Å². The minimum Gasteiger partial charge on any atom is -0.372 e. The normalized spacial score (nSPS) is 14.7. The fourth-order valence-corrected chi connectivity index (χ4v) is 3.29. The van der Waals surface area contributed by atoms with Gasteiger partial charge in [-0.2, -0.15) is 10.1 Å². The average molecular weight is 375 g/mol. The largest absolute Gasteiger partial charge is 0.372 e. The third kappa shape index (κ3) is 4.73. The Balaban J connectivity index is 1.36. The van der Waals surface area contributed by atoms with Crippen molar-refractivity contribution in [3.63, 3.8) is 0 Å². The molecule has 0 bridgehead atoms. The van der Waals surface area contributed by atoms with Crippen molar-refractivity contribution in [2.75, 3.05) is 28.6 Å². The molecule has 3 aromatic rings. The predicted molar refractivity (Wildman–Crippen MR) is 112 cm³/mol. The van der Waals surface area contributed by atoms with Gasteiger partial charge in [0.15, 0.2) is 5.82 Å². The quantitative estimate of drug-likeness (QED) is 0.677. The third-order valence-electron chi connectivity index (χ3n) is 5.02. The van der Waals surface area contributed by atoms with Crippen LogP contribution in [0.4, 0.5) is 23.1 Å². The van der Waals surface area contributed by atoms with Crippen molar-refractivity contribution in [2.24, 2.45) is 5.92 Å². The second-order valence-corrected chi connectivity index (χ2v) is 7.22. The van der Waals surface area contributed by atoms with Crippen molar-refractivity contribution in [2.45, 2.75) is 26.3 Å². The highest BCUT2D eigenvalue weighted by Gasteiger charge is 2.15. The fourth-order valence-electron chi connectivity index (χ4n) is 3.29. The summed E-state index contributed by atoms with van der Waals surface area (Å²) in [5, 5.41) is 14.5. The van der Waals surface area contributed by atoms with Gasteiger partial charge in [-0.05, 0) is 54.7 Å². The molecule has 1 aromatic carbocycles. The van der Waals surface area contributed by atoms with Gasteiger partial charge in [0.2, 0.25) is 5.95 Å². The van der Waals surface area contributed by atoms with E-state index < -0.39 is 0 Å². The number of rotatable bonds is 6. The lowest BCUT2D eigenvalue weighted by Crippen LogP contribution is -2.32. The lowest BCUT2D eigenvalue weighted by molar-refractivity contribution is 0.438. The van der Waals surface area contributed by atoms with Gasteiger partial charge in [-0.25, -0.2) is 0 Å². The lowest BCUT2D eigenvalue weighted by Gasteiger charge is -2.32. The molecule has 2 N–H and O–H groups in total. The number of aromatic nitrogens is 4. The van der Waals surface area contributed by atoms with Crippen LogP contribution in [0.15, 0.2) is 55.0 Å². The van der Waals surface area contributed by atoms with E-state index >= 15 is 0 Å². The van der Waals surface area contributed by atoms with Gasteiger partial charge in [0.25, 0.3) is 0 Å². The minimum absolute atomic E-state index is 0.480. The molecule has 3 heterocycles. The van der Waals surface area contributed by atoms with Crippen molar-refractivity contribution < 1.29 is 0 Å². The number of benzene rings is 1. The maximum absolute atomic E-state index is 4.48. The Kier molecular flexibility index (Phi) is 5.61. The molecule has 7 heteroatoms. The van der Waals surface area contributed by atoms with Crippen LogP contribution in [0.2, 0.25) is 0 Å². The molecule has 144 valence electrons. The number of piperidine rings is 1. The van der Waals surface area contributed by atoms with Crippen LogP contribution < -0.4 is 15.5 Å². The van der Waals surface area contributed by atoms with Crippen LogP contribution in [0.5, 0.6) is 0 Å². The number of pyridine rings is 1. The molecule has 0 atom stereocenters. The summed E-state index contributed by atoms with van der Waals surface area (Å²) >= 11 is 0. The Bertz CT molecular complexity index is 875. The molecule has 0 unspecified atom stereocenters. The second-order valence-electron chi connectivity index (χ2n) is 7.22. The highest BCUT2D eigenvalue weighted by atomic mass is 15.3. The summed E-state index contributed by atoms with van der Waals surface area (Å²) < 4.78 is 0. The van der Waals surface area contributed by atoms with Crippen LogP contribution in [-0.2, 0) is 6.54 Å². The number of nitrogens with one attached hydrogen (secondary N) is 2. The molecule has 4 rings (SSSR count). The first-order chi connectivity index (χ1) is 13.8. The van der Waals surface area contributed by atoms with Crippen LogP contribution >= 0.6 is 0 Å². The number of anilines is 4. The van der Waals surface area contributed by atoms with E-state index in [9.17, 15) is 0 Å². The standard InChI is InChI=1S/C21H25N7/c1-16-8-11-28(12-9-16)19-6-4-18(5-7-19)25-20-15-24-27-21(26-20)23-14-17-3-2-10-22-13-17/h2-7,10,13,15-16H,8-9,11-12,14H2,1H3,(H2,23,25,26,27). The molecule has 1 fully saturated rings. The predicted octanol–water partition coefficient (Wildman–Crippen LogP) is 3.86. The van der Waals surface area contributed by atoms with Gasteiger partial charge >= 0.3 is 0 Å². The van der Waals surface area contributed by atoms with Crippen molar-refractivity contribution in [3.8, 4) is 0 Å². The number of hydrogen-bond acceptors (Lipinski definition) is 7. The van der Waals surface area contributed by atoms with Crippen LogP contribution in [-0.4, -0.2) is 33.3 Å². The first-order valence-corrected chi connectivity index (χ1v) is 9.71. The fraction of sp³-hybridized carbons (Fsp3) is 0.333. The third-order valence-corrected chi connectivity index (χ3v) is 5.02. The van der Waals surface area contributed by atoms with Crippen LogP contribution in [0.25, 0.3) is 0 Å². The first-order valence-electron chi connectivity index (χ1n) is 9.71. The Morgan fingerprint density at radius 3 is 2.64 bits per heavy atom. The molecule has 1 aliphatic rings.